The summed E-state index contributed by atoms with van der Waals surface area (Å²) >= 11 is 1.20. The second-order valence-electron chi connectivity index (χ2n) is 9.29. The van der Waals surface area contributed by atoms with Crippen molar-refractivity contribution in [2.75, 3.05) is 10.6 Å². The molecular weight excluding hydrogens is 502 g/mol. The van der Waals surface area contributed by atoms with E-state index >= 15 is 0 Å². The van der Waals surface area contributed by atoms with Gasteiger partial charge in [0, 0.05) is 16.9 Å². The van der Waals surface area contributed by atoms with Gasteiger partial charge in [0.05, 0.1) is 10.8 Å². The lowest BCUT2D eigenvalue weighted by Crippen LogP contribution is -2.34. The highest BCUT2D eigenvalue weighted by atomic mass is 32.2. The lowest BCUT2D eigenvalue weighted by molar-refractivity contribution is -0.117. The molecule has 0 saturated carbocycles. The summed E-state index contributed by atoms with van der Waals surface area (Å²) in [6, 6.07) is 31.1. The van der Waals surface area contributed by atoms with Gasteiger partial charge in [-0.2, -0.15) is 10.5 Å². The third-order valence-electron chi connectivity index (χ3n) is 6.43. The predicted molar refractivity (Wildman–Crippen MR) is 158 cm³/mol. The molecule has 7 heteroatoms. The van der Waals surface area contributed by atoms with Gasteiger partial charge in [-0.3, -0.25) is 9.69 Å². The van der Waals surface area contributed by atoms with Gasteiger partial charge in [0.25, 0.3) is 0 Å². The van der Waals surface area contributed by atoms with Gasteiger partial charge in [0.15, 0.2) is 0 Å². The van der Waals surface area contributed by atoms with Crippen LogP contribution in [0.3, 0.4) is 0 Å². The van der Waals surface area contributed by atoms with Gasteiger partial charge in [-0.1, -0.05) is 93.2 Å². The highest BCUT2D eigenvalue weighted by Gasteiger charge is 2.29. The number of carbonyl (C=O) groups excluding carboxylic acids is 1. The number of amides is 1. The molecule has 0 spiro atoms. The molecule has 1 aromatic heterocycles. The summed E-state index contributed by atoms with van der Waals surface area (Å²) in [6.45, 7) is 6.13. The molecule has 1 unspecified atom stereocenters. The minimum atomic E-state index is -0.562. The average molecular weight is 532 g/mol. The molecule has 0 aliphatic heterocycles. The Labute approximate surface area is 233 Å². The van der Waals surface area contributed by atoms with E-state index in [1.54, 1.807) is 4.90 Å². The van der Waals surface area contributed by atoms with E-state index in [-0.39, 0.29) is 22.9 Å². The van der Waals surface area contributed by atoms with Gasteiger partial charge < -0.3 is 5.73 Å². The number of nitrogens with two attached hydrogens (primary N) is 1. The van der Waals surface area contributed by atoms with E-state index in [0.717, 1.165) is 16.9 Å². The molecule has 194 valence electrons. The van der Waals surface area contributed by atoms with Crippen LogP contribution in [-0.2, 0) is 4.79 Å². The summed E-state index contributed by atoms with van der Waals surface area (Å²) < 4.78 is 0. The highest BCUT2D eigenvalue weighted by Crippen LogP contribution is 2.39. The number of rotatable bonds is 8. The van der Waals surface area contributed by atoms with E-state index in [2.05, 4.69) is 31.0 Å². The first kappa shape index (κ1) is 27.4. The normalized spacial score (nSPS) is 11.4. The van der Waals surface area contributed by atoms with Crippen molar-refractivity contribution in [3.05, 3.63) is 102 Å². The molecule has 0 radical (unpaired) electrons. The Morgan fingerprint density at radius 2 is 1.44 bits per heavy atom. The number of anilines is 3. The number of nitrogen functional groups attached to an aromatic ring is 1. The Hall–Kier alpha value is -4.59. The lowest BCUT2D eigenvalue weighted by atomic mass is 9.94. The van der Waals surface area contributed by atoms with Crippen molar-refractivity contribution in [1.29, 1.82) is 10.5 Å². The number of nitriles is 2. The second-order valence-corrected chi connectivity index (χ2v) is 10.5. The molecule has 0 bridgehead atoms. The summed E-state index contributed by atoms with van der Waals surface area (Å²) in [7, 11) is 0. The molecule has 39 heavy (non-hydrogen) atoms. The number of nitrogens with zero attached hydrogens (tertiary/aromatic N) is 4. The smallest absolute Gasteiger partial charge is 0.245 e. The van der Waals surface area contributed by atoms with Crippen LogP contribution >= 0.6 is 11.8 Å². The fourth-order valence-electron chi connectivity index (χ4n) is 4.35. The number of carbonyl (C=O) groups is 1. The zero-order chi connectivity index (χ0) is 27.9. The Kier molecular flexibility index (Phi) is 8.66. The number of benzene rings is 3. The van der Waals surface area contributed by atoms with Gasteiger partial charge in [0.2, 0.25) is 5.91 Å². The van der Waals surface area contributed by atoms with Crippen molar-refractivity contribution < 1.29 is 4.79 Å². The zero-order valence-corrected chi connectivity index (χ0v) is 22.9. The minimum absolute atomic E-state index is 0.0345. The van der Waals surface area contributed by atoms with Gasteiger partial charge in [-0.15, -0.1) is 0 Å². The number of thioether (sulfide) groups is 1. The molecule has 6 nitrogen and oxygen atoms in total. The van der Waals surface area contributed by atoms with Crippen LogP contribution < -0.4 is 10.6 Å². The van der Waals surface area contributed by atoms with Gasteiger partial charge in [-0.25, -0.2) is 4.98 Å². The Balaban J connectivity index is 1.79. The molecule has 0 saturated heterocycles. The first-order valence-corrected chi connectivity index (χ1v) is 13.6. The molecule has 4 rings (SSSR count). The van der Waals surface area contributed by atoms with Gasteiger partial charge in [-0.05, 0) is 47.7 Å². The topological polar surface area (TPSA) is 107 Å². The highest BCUT2D eigenvalue weighted by molar-refractivity contribution is 8.00. The largest absolute Gasteiger partial charge is 0.383 e. The summed E-state index contributed by atoms with van der Waals surface area (Å²) in [5.74, 6) is 0.232. The van der Waals surface area contributed by atoms with Crippen LogP contribution in [0.15, 0.2) is 90.0 Å². The van der Waals surface area contributed by atoms with Crippen molar-refractivity contribution in [3.8, 4) is 23.3 Å². The zero-order valence-electron chi connectivity index (χ0n) is 22.1. The third-order valence-corrected chi connectivity index (χ3v) is 7.77. The standard InChI is InChI=1S/C32H29N5OS/c1-4-28(32(38)37(24-11-7-5-8-12-24)25-13-9-6-10-14-25)39-31-27(20-34)29(26(19-33)30(35)36-31)23-17-15-22(16-18-23)21(2)3/h5-18,21,28H,4H2,1-3H3,(H2,35,36). The molecule has 3 aromatic carbocycles. The fraction of sp³-hybridized carbons (Fsp3) is 0.188. The molecular formula is C32H29N5OS. The maximum Gasteiger partial charge on any atom is 0.245 e. The first-order valence-electron chi connectivity index (χ1n) is 12.7. The lowest BCUT2D eigenvalue weighted by Gasteiger charge is -2.27. The monoisotopic (exact) mass is 531 g/mol. The van der Waals surface area contributed by atoms with Crippen LogP contribution in [-0.4, -0.2) is 16.1 Å². The summed E-state index contributed by atoms with van der Waals surface area (Å²) in [6.07, 6.45) is 0.491. The number of pyridine rings is 1. The van der Waals surface area contributed by atoms with Crippen LogP contribution in [0.2, 0.25) is 0 Å². The Morgan fingerprint density at radius 1 is 0.897 bits per heavy atom. The Bertz CT molecular complexity index is 1500. The second kappa shape index (κ2) is 12.3. The van der Waals surface area contributed by atoms with Crippen LogP contribution in [0.25, 0.3) is 11.1 Å². The van der Waals surface area contributed by atoms with Crippen molar-refractivity contribution in [2.24, 2.45) is 0 Å². The number of aromatic nitrogens is 1. The van der Waals surface area contributed by atoms with Crippen LogP contribution in [0.4, 0.5) is 17.2 Å². The molecule has 4 aromatic rings. The van der Waals surface area contributed by atoms with E-state index < -0.39 is 5.25 Å². The van der Waals surface area contributed by atoms with Crippen molar-refractivity contribution in [2.45, 2.75) is 43.4 Å². The van der Waals surface area contributed by atoms with E-state index in [9.17, 15) is 15.3 Å². The van der Waals surface area contributed by atoms with E-state index in [4.69, 9.17) is 5.73 Å². The number of hydrogen-bond acceptors (Lipinski definition) is 6. The maximum absolute atomic E-state index is 14.1. The molecule has 1 atom stereocenters. The minimum Gasteiger partial charge on any atom is -0.383 e. The van der Waals surface area contributed by atoms with Crippen LogP contribution in [0, 0.1) is 22.7 Å². The first-order chi connectivity index (χ1) is 18.9. The molecule has 0 fully saturated rings. The average Bonchev–Trinajstić information content (AvgIpc) is 2.96. The predicted octanol–water partition coefficient (Wildman–Crippen LogP) is 7.43. The number of para-hydroxylation sites is 2. The van der Waals surface area contributed by atoms with Gasteiger partial charge >= 0.3 is 0 Å². The maximum atomic E-state index is 14.1. The van der Waals surface area contributed by atoms with E-state index in [1.165, 1.54) is 11.8 Å². The van der Waals surface area contributed by atoms with E-state index in [0.29, 0.717) is 28.5 Å². The van der Waals surface area contributed by atoms with Crippen molar-refractivity contribution >= 4 is 34.9 Å². The Morgan fingerprint density at radius 3 is 1.90 bits per heavy atom. The molecule has 0 aliphatic carbocycles. The van der Waals surface area contributed by atoms with Crippen LogP contribution in [0.1, 0.15) is 49.8 Å². The van der Waals surface area contributed by atoms with E-state index in [1.807, 2.05) is 91.9 Å². The summed E-state index contributed by atoms with van der Waals surface area (Å²) in [5.41, 5.74) is 10.4. The SMILES string of the molecule is CCC(Sc1nc(N)c(C#N)c(-c2ccc(C(C)C)cc2)c1C#N)C(=O)N(c1ccccc1)c1ccccc1. The van der Waals surface area contributed by atoms with Gasteiger partial charge in [0.1, 0.15) is 28.5 Å². The molecule has 1 amide bonds. The summed E-state index contributed by atoms with van der Waals surface area (Å²) in [5, 5.41) is 19.9. The van der Waals surface area contributed by atoms with Crippen molar-refractivity contribution in [1.82, 2.24) is 4.98 Å². The fourth-order valence-corrected chi connectivity index (χ4v) is 5.41. The quantitative estimate of drug-likeness (QED) is 0.237. The third kappa shape index (κ3) is 5.80. The molecule has 1 heterocycles. The van der Waals surface area contributed by atoms with Crippen molar-refractivity contribution in [3.63, 3.8) is 0 Å². The molecule has 2 N–H and O–H groups in total. The van der Waals surface area contributed by atoms with Crippen LogP contribution in [0.5, 0.6) is 0 Å². The number of hydrogen-bond donors (Lipinski definition) is 1. The molecule has 0 aliphatic rings. The summed E-state index contributed by atoms with van der Waals surface area (Å²) in [4.78, 5) is 20.2.